The minimum atomic E-state index is 0.117. The number of nitrogens with one attached hydrogen (secondary N) is 1. The molecule has 0 fully saturated rings. The highest BCUT2D eigenvalue weighted by Gasteiger charge is 2.14. The van der Waals surface area contributed by atoms with Gasteiger partial charge >= 0.3 is 0 Å². The van der Waals surface area contributed by atoms with E-state index in [9.17, 15) is 0 Å². The van der Waals surface area contributed by atoms with Crippen LogP contribution in [-0.4, -0.2) is 20.3 Å². The van der Waals surface area contributed by atoms with Gasteiger partial charge in [0.2, 0.25) is 0 Å². The average molecular weight is 311 g/mol. The first kappa shape index (κ1) is 16.1. The van der Waals surface area contributed by atoms with Crippen LogP contribution < -0.4 is 5.32 Å². The molecule has 102 valence electrons. The van der Waals surface area contributed by atoms with Gasteiger partial charge < -0.3 is 10.1 Å². The molecule has 2 nitrogen and oxygen atoms in total. The van der Waals surface area contributed by atoms with Crippen molar-refractivity contribution in [3.8, 4) is 0 Å². The van der Waals surface area contributed by atoms with Crippen LogP contribution in [0.1, 0.15) is 25.5 Å². The Hall–Kier alpha value is 0.01000. The number of methoxy groups -OCH3 is 1. The van der Waals surface area contributed by atoms with Gasteiger partial charge in [0.15, 0.2) is 0 Å². The fraction of sp³-hybridized carbons (Fsp3) is 0.538. The summed E-state index contributed by atoms with van der Waals surface area (Å²) >= 11 is 18.1. The van der Waals surface area contributed by atoms with Gasteiger partial charge in [-0.25, -0.2) is 0 Å². The maximum atomic E-state index is 6.19. The number of benzene rings is 1. The predicted molar refractivity (Wildman–Crippen MR) is 78.9 cm³/mol. The molecule has 0 spiro atoms. The average Bonchev–Trinajstić information content (AvgIpc) is 2.34. The van der Waals surface area contributed by atoms with Crippen LogP contribution in [0.25, 0.3) is 0 Å². The lowest BCUT2D eigenvalue weighted by Gasteiger charge is -2.19. The summed E-state index contributed by atoms with van der Waals surface area (Å²) in [5.41, 5.74) is 0.954. The first-order valence-electron chi connectivity index (χ1n) is 5.83. The number of halogens is 3. The monoisotopic (exact) mass is 309 g/mol. The van der Waals surface area contributed by atoms with E-state index < -0.39 is 0 Å². The predicted octanol–water partition coefficient (Wildman–Crippen LogP) is 4.58. The van der Waals surface area contributed by atoms with Gasteiger partial charge in [0.1, 0.15) is 0 Å². The normalized spacial score (nSPS) is 14.6. The smallest absolute Gasteiger partial charge is 0.0781 e. The molecule has 2 atom stereocenters. The Balaban J connectivity index is 2.67. The molecule has 0 aliphatic heterocycles. The molecule has 0 aromatic heterocycles. The molecule has 1 rings (SSSR count). The summed E-state index contributed by atoms with van der Waals surface area (Å²) in [5, 5.41) is 4.81. The standard InChI is InChI=1S/C13H18Cl3NO/c1-8(7-18-3)6-17-9(2)10-4-5-11(14)13(16)12(10)15/h4-5,8-9,17H,6-7H2,1-3H3. The van der Waals surface area contributed by atoms with Crippen LogP contribution in [-0.2, 0) is 4.74 Å². The Morgan fingerprint density at radius 1 is 1.17 bits per heavy atom. The quantitative estimate of drug-likeness (QED) is 0.777. The van der Waals surface area contributed by atoms with E-state index in [0.717, 1.165) is 18.7 Å². The third-order valence-corrected chi connectivity index (χ3v) is 4.06. The van der Waals surface area contributed by atoms with Crippen molar-refractivity contribution in [1.29, 1.82) is 0 Å². The Kier molecular flexibility index (Phi) is 6.75. The second-order valence-corrected chi connectivity index (χ2v) is 5.62. The maximum absolute atomic E-state index is 6.19. The van der Waals surface area contributed by atoms with Crippen molar-refractivity contribution < 1.29 is 4.74 Å². The highest BCUT2D eigenvalue weighted by molar-refractivity contribution is 6.48. The van der Waals surface area contributed by atoms with Crippen LogP contribution in [0.15, 0.2) is 12.1 Å². The van der Waals surface area contributed by atoms with Crippen LogP contribution >= 0.6 is 34.8 Å². The maximum Gasteiger partial charge on any atom is 0.0781 e. The summed E-state index contributed by atoms with van der Waals surface area (Å²) in [6.07, 6.45) is 0. The van der Waals surface area contributed by atoms with Gasteiger partial charge in [-0.2, -0.15) is 0 Å². The number of rotatable bonds is 6. The Morgan fingerprint density at radius 2 is 1.83 bits per heavy atom. The minimum absolute atomic E-state index is 0.117. The largest absolute Gasteiger partial charge is 0.384 e. The van der Waals surface area contributed by atoms with Gasteiger partial charge in [0.05, 0.1) is 15.1 Å². The Morgan fingerprint density at radius 3 is 2.44 bits per heavy atom. The van der Waals surface area contributed by atoms with E-state index in [0.29, 0.717) is 21.0 Å². The van der Waals surface area contributed by atoms with Gasteiger partial charge in [-0.15, -0.1) is 0 Å². The van der Waals surface area contributed by atoms with Crippen molar-refractivity contribution in [1.82, 2.24) is 5.32 Å². The molecule has 0 heterocycles. The number of ether oxygens (including phenoxy) is 1. The van der Waals surface area contributed by atoms with Gasteiger partial charge in [-0.1, -0.05) is 47.8 Å². The SMILES string of the molecule is COCC(C)CNC(C)c1ccc(Cl)c(Cl)c1Cl. The third-order valence-electron chi connectivity index (χ3n) is 2.76. The fourth-order valence-electron chi connectivity index (χ4n) is 1.71. The molecule has 1 aromatic rings. The second-order valence-electron chi connectivity index (χ2n) is 4.46. The van der Waals surface area contributed by atoms with Crippen LogP contribution in [0.2, 0.25) is 15.1 Å². The van der Waals surface area contributed by atoms with E-state index in [1.807, 2.05) is 13.0 Å². The van der Waals surface area contributed by atoms with Gasteiger partial charge in [-0.05, 0) is 24.5 Å². The molecule has 2 unspecified atom stereocenters. The lowest BCUT2D eigenvalue weighted by molar-refractivity contribution is 0.157. The molecule has 0 saturated heterocycles. The topological polar surface area (TPSA) is 21.3 Å². The molecular formula is C13H18Cl3NO. The zero-order valence-electron chi connectivity index (χ0n) is 10.8. The van der Waals surface area contributed by atoms with Crippen molar-refractivity contribution in [2.24, 2.45) is 5.92 Å². The van der Waals surface area contributed by atoms with Crippen LogP contribution in [0, 0.1) is 5.92 Å². The van der Waals surface area contributed by atoms with Crippen molar-refractivity contribution in [2.45, 2.75) is 19.9 Å². The van der Waals surface area contributed by atoms with Crippen LogP contribution in [0.5, 0.6) is 0 Å². The van der Waals surface area contributed by atoms with Crippen molar-refractivity contribution in [3.63, 3.8) is 0 Å². The van der Waals surface area contributed by atoms with E-state index in [1.54, 1.807) is 13.2 Å². The zero-order valence-corrected chi connectivity index (χ0v) is 13.0. The third kappa shape index (κ3) is 4.29. The summed E-state index contributed by atoms with van der Waals surface area (Å²) in [6.45, 7) is 5.76. The zero-order chi connectivity index (χ0) is 13.7. The van der Waals surface area contributed by atoms with Crippen LogP contribution in [0.3, 0.4) is 0 Å². The fourth-order valence-corrected chi connectivity index (χ4v) is 2.41. The summed E-state index contributed by atoms with van der Waals surface area (Å²) in [5.74, 6) is 0.444. The summed E-state index contributed by atoms with van der Waals surface area (Å²) in [6, 6.07) is 3.78. The molecular weight excluding hydrogens is 293 g/mol. The summed E-state index contributed by atoms with van der Waals surface area (Å²) in [4.78, 5) is 0. The first-order chi connectivity index (χ1) is 8.47. The molecule has 0 saturated carbocycles. The van der Waals surface area contributed by atoms with Gasteiger partial charge in [0, 0.05) is 26.3 Å². The Bertz CT molecular complexity index is 398. The Labute approximate surface area is 124 Å². The molecule has 18 heavy (non-hydrogen) atoms. The van der Waals surface area contributed by atoms with Crippen molar-refractivity contribution in [2.75, 3.05) is 20.3 Å². The van der Waals surface area contributed by atoms with Crippen molar-refractivity contribution >= 4 is 34.8 Å². The molecule has 5 heteroatoms. The summed E-state index contributed by atoms with van der Waals surface area (Å²) < 4.78 is 5.10. The van der Waals surface area contributed by atoms with E-state index >= 15 is 0 Å². The molecule has 0 aliphatic rings. The van der Waals surface area contributed by atoms with Crippen molar-refractivity contribution in [3.05, 3.63) is 32.8 Å². The van der Waals surface area contributed by atoms with E-state index in [4.69, 9.17) is 39.5 Å². The van der Waals surface area contributed by atoms with E-state index in [1.165, 1.54) is 0 Å². The minimum Gasteiger partial charge on any atom is -0.384 e. The molecule has 0 radical (unpaired) electrons. The molecule has 0 bridgehead atoms. The van der Waals surface area contributed by atoms with Gasteiger partial charge in [0.25, 0.3) is 0 Å². The van der Waals surface area contributed by atoms with Crippen LogP contribution in [0.4, 0.5) is 0 Å². The van der Waals surface area contributed by atoms with E-state index in [-0.39, 0.29) is 6.04 Å². The second kappa shape index (κ2) is 7.56. The summed E-state index contributed by atoms with van der Waals surface area (Å²) in [7, 11) is 1.70. The lowest BCUT2D eigenvalue weighted by atomic mass is 10.1. The number of hydrogen-bond acceptors (Lipinski definition) is 2. The molecule has 1 aromatic carbocycles. The lowest BCUT2D eigenvalue weighted by Crippen LogP contribution is -2.26. The number of hydrogen-bond donors (Lipinski definition) is 1. The first-order valence-corrected chi connectivity index (χ1v) is 6.96. The highest BCUT2D eigenvalue weighted by Crippen LogP contribution is 2.35. The van der Waals surface area contributed by atoms with E-state index in [2.05, 4.69) is 12.2 Å². The highest BCUT2D eigenvalue weighted by atomic mass is 35.5. The molecule has 0 amide bonds. The molecule has 0 aliphatic carbocycles. The van der Waals surface area contributed by atoms with Gasteiger partial charge in [-0.3, -0.25) is 0 Å². The molecule has 1 N–H and O–H groups in total.